The average molecular weight is 269 g/mol. The molecule has 5 heteroatoms. The number of hydrogen-bond acceptors (Lipinski definition) is 2. The number of likely N-dealkylation sites (tertiary alicyclic amines) is 1. The molecule has 0 radical (unpaired) electrons. The number of benzene rings is 1. The molecule has 2 rings (SSSR count). The first-order valence-electron chi connectivity index (χ1n) is 6.45. The molecule has 104 valence electrons. The molecule has 1 aromatic rings. The highest BCUT2D eigenvalue weighted by atomic mass is 19.2. The van der Waals surface area contributed by atoms with Gasteiger partial charge >= 0.3 is 5.97 Å². The monoisotopic (exact) mass is 269 g/mol. The van der Waals surface area contributed by atoms with Crippen LogP contribution in [0.1, 0.15) is 37.8 Å². The molecule has 3 nitrogen and oxygen atoms in total. The van der Waals surface area contributed by atoms with Gasteiger partial charge in [-0.2, -0.15) is 0 Å². The van der Waals surface area contributed by atoms with Crippen LogP contribution < -0.4 is 0 Å². The molecule has 1 heterocycles. The van der Waals surface area contributed by atoms with E-state index < -0.39 is 29.7 Å². The fourth-order valence-electron chi connectivity index (χ4n) is 2.70. The van der Waals surface area contributed by atoms with Crippen molar-refractivity contribution < 1.29 is 18.7 Å². The van der Waals surface area contributed by atoms with Crippen molar-refractivity contribution in [2.45, 2.75) is 38.3 Å². The average Bonchev–Trinajstić information content (AvgIpc) is 2.41. The highest BCUT2D eigenvalue weighted by Gasteiger charge is 2.33. The Morgan fingerprint density at radius 3 is 2.84 bits per heavy atom. The summed E-state index contributed by atoms with van der Waals surface area (Å²) in [4.78, 5) is 13.0. The zero-order valence-electron chi connectivity index (χ0n) is 10.8. The molecule has 0 amide bonds. The summed E-state index contributed by atoms with van der Waals surface area (Å²) in [6, 6.07) is 2.96. The molecular weight excluding hydrogens is 252 g/mol. The maximum absolute atomic E-state index is 13.8. The van der Waals surface area contributed by atoms with Crippen molar-refractivity contribution in [3.63, 3.8) is 0 Å². The third-order valence-electron chi connectivity index (χ3n) is 3.76. The normalized spacial score (nSPS) is 22.2. The molecule has 1 fully saturated rings. The Labute approximate surface area is 110 Å². The maximum Gasteiger partial charge on any atom is 0.320 e. The summed E-state index contributed by atoms with van der Waals surface area (Å²) < 4.78 is 27.0. The molecule has 0 spiro atoms. The molecule has 0 bridgehead atoms. The van der Waals surface area contributed by atoms with Crippen molar-refractivity contribution in [3.05, 3.63) is 35.4 Å². The summed E-state index contributed by atoms with van der Waals surface area (Å²) in [7, 11) is 0. The van der Waals surface area contributed by atoms with Gasteiger partial charge < -0.3 is 5.11 Å². The van der Waals surface area contributed by atoms with Crippen molar-refractivity contribution in [3.8, 4) is 0 Å². The van der Waals surface area contributed by atoms with E-state index in [2.05, 4.69) is 0 Å². The molecule has 1 aliphatic rings. The van der Waals surface area contributed by atoms with E-state index in [0.29, 0.717) is 13.0 Å². The topological polar surface area (TPSA) is 40.5 Å². The van der Waals surface area contributed by atoms with Gasteiger partial charge in [-0.1, -0.05) is 18.6 Å². The van der Waals surface area contributed by atoms with Crippen LogP contribution in [0.4, 0.5) is 8.78 Å². The Morgan fingerprint density at radius 2 is 2.16 bits per heavy atom. The largest absolute Gasteiger partial charge is 0.480 e. The lowest BCUT2D eigenvalue weighted by Crippen LogP contribution is -2.46. The summed E-state index contributed by atoms with van der Waals surface area (Å²) >= 11 is 0. The highest BCUT2D eigenvalue weighted by Crippen LogP contribution is 2.30. The van der Waals surface area contributed by atoms with Gasteiger partial charge in [0.2, 0.25) is 0 Å². The van der Waals surface area contributed by atoms with Crippen LogP contribution in [0.5, 0.6) is 0 Å². The Hall–Kier alpha value is -1.49. The number of aliphatic carboxylic acids is 1. The van der Waals surface area contributed by atoms with Crippen molar-refractivity contribution >= 4 is 5.97 Å². The van der Waals surface area contributed by atoms with Gasteiger partial charge in [0, 0.05) is 11.6 Å². The second-order valence-electron chi connectivity index (χ2n) is 4.91. The van der Waals surface area contributed by atoms with E-state index in [1.807, 2.05) is 0 Å². The molecule has 2 unspecified atom stereocenters. The first-order valence-corrected chi connectivity index (χ1v) is 6.45. The summed E-state index contributed by atoms with van der Waals surface area (Å²) in [5, 5.41) is 9.22. The molecule has 2 atom stereocenters. The number of rotatable bonds is 3. The second kappa shape index (κ2) is 5.65. The van der Waals surface area contributed by atoms with Gasteiger partial charge in [-0.3, -0.25) is 9.69 Å². The van der Waals surface area contributed by atoms with Gasteiger partial charge in [0.1, 0.15) is 6.04 Å². The summed E-state index contributed by atoms with van der Waals surface area (Å²) in [5.74, 6) is -2.68. The van der Waals surface area contributed by atoms with Gasteiger partial charge in [0.25, 0.3) is 0 Å². The van der Waals surface area contributed by atoms with E-state index in [1.165, 1.54) is 12.1 Å². The van der Waals surface area contributed by atoms with Crippen molar-refractivity contribution in [2.24, 2.45) is 0 Å². The predicted octanol–water partition coefficient (Wildman–Crippen LogP) is 2.96. The zero-order valence-corrected chi connectivity index (χ0v) is 10.8. The number of halogens is 2. The Balaban J connectivity index is 2.28. The smallest absolute Gasteiger partial charge is 0.320 e. The molecule has 1 aromatic carbocycles. The van der Waals surface area contributed by atoms with Crippen molar-refractivity contribution in [1.82, 2.24) is 4.90 Å². The van der Waals surface area contributed by atoms with Crippen LogP contribution in [-0.2, 0) is 4.79 Å². The zero-order chi connectivity index (χ0) is 14.0. The first kappa shape index (κ1) is 13.9. The van der Waals surface area contributed by atoms with Crippen LogP contribution in [0.2, 0.25) is 0 Å². The van der Waals surface area contributed by atoms with E-state index in [9.17, 15) is 18.7 Å². The van der Waals surface area contributed by atoms with Crippen LogP contribution in [0.3, 0.4) is 0 Å². The fraction of sp³-hybridized carbons (Fsp3) is 0.500. The molecule has 0 aliphatic carbocycles. The van der Waals surface area contributed by atoms with E-state index in [1.54, 1.807) is 11.8 Å². The highest BCUT2D eigenvalue weighted by molar-refractivity contribution is 5.73. The Bertz CT molecular complexity index is 479. The van der Waals surface area contributed by atoms with Crippen LogP contribution in [0, 0.1) is 11.6 Å². The van der Waals surface area contributed by atoms with E-state index in [4.69, 9.17) is 0 Å². The van der Waals surface area contributed by atoms with Crippen LogP contribution in [0.25, 0.3) is 0 Å². The number of nitrogens with zero attached hydrogens (tertiary/aromatic N) is 1. The Morgan fingerprint density at radius 1 is 1.42 bits per heavy atom. The minimum atomic E-state index is -0.900. The molecular formula is C14H17F2NO2. The fourth-order valence-corrected chi connectivity index (χ4v) is 2.70. The summed E-state index contributed by atoms with van der Waals surface area (Å²) in [5.41, 5.74) is 0.216. The van der Waals surface area contributed by atoms with E-state index >= 15 is 0 Å². The predicted molar refractivity (Wildman–Crippen MR) is 66.8 cm³/mol. The molecule has 1 N–H and O–H groups in total. The minimum Gasteiger partial charge on any atom is -0.480 e. The lowest BCUT2D eigenvalue weighted by molar-refractivity contribution is -0.145. The number of piperidine rings is 1. The number of carboxylic acid groups (broad SMARTS) is 1. The van der Waals surface area contributed by atoms with Crippen LogP contribution in [0.15, 0.2) is 18.2 Å². The van der Waals surface area contributed by atoms with E-state index in [0.717, 1.165) is 18.9 Å². The summed E-state index contributed by atoms with van der Waals surface area (Å²) in [6.45, 7) is 2.31. The van der Waals surface area contributed by atoms with Crippen molar-refractivity contribution in [2.75, 3.05) is 6.54 Å². The Kier molecular flexibility index (Phi) is 4.14. The number of hydrogen-bond donors (Lipinski definition) is 1. The minimum absolute atomic E-state index is 0.216. The van der Waals surface area contributed by atoms with Crippen molar-refractivity contribution in [1.29, 1.82) is 0 Å². The SMILES string of the molecule is CC(c1cccc(F)c1F)N1CCCCC1C(=O)O. The molecule has 0 saturated carbocycles. The molecule has 0 aromatic heterocycles. The number of carboxylic acids is 1. The summed E-state index contributed by atoms with van der Waals surface area (Å²) in [6.07, 6.45) is 2.29. The lowest BCUT2D eigenvalue weighted by Gasteiger charge is -2.37. The van der Waals surface area contributed by atoms with Gasteiger partial charge in [-0.25, -0.2) is 8.78 Å². The first-order chi connectivity index (χ1) is 9.02. The lowest BCUT2D eigenvalue weighted by atomic mass is 9.97. The van der Waals surface area contributed by atoms with Gasteiger partial charge in [0.05, 0.1) is 0 Å². The molecule has 1 saturated heterocycles. The van der Waals surface area contributed by atoms with Gasteiger partial charge in [-0.15, -0.1) is 0 Å². The quantitative estimate of drug-likeness (QED) is 0.917. The van der Waals surface area contributed by atoms with Crippen LogP contribution in [-0.4, -0.2) is 28.6 Å². The number of carbonyl (C=O) groups is 1. The van der Waals surface area contributed by atoms with Gasteiger partial charge in [-0.05, 0) is 32.4 Å². The van der Waals surface area contributed by atoms with Crippen LogP contribution >= 0.6 is 0 Å². The maximum atomic E-state index is 13.8. The second-order valence-corrected chi connectivity index (χ2v) is 4.91. The molecule has 1 aliphatic heterocycles. The van der Waals surface area contributed by atoms with E-state index in [-0.39, 0.29) is 5.56 Å². The third-order valence-corrected chi connectivity index (χ3v) is 3.76. The molecule has 19 heavy (non-hydrogen) atoms. The third kappa shape index (κ3) is 2.76. The standard InChI is InChI=1S/C14H17F2NO2/c1-9(10-5-4-6-11(15)13(10)16)17-8-3-2-7-12(17)14(18)19/h4-6,9,12H,2-3,7-8H2,1H3,(H,18,19). The van der Waals surface area contributed by atoms with Gasteiger partial charge in [0.15, 0.2) is 11.6 Å².